The minimum atomic E-state index is 0.692. The highest BCUT2D eigenvalue weighted by atomic mass is 35.5. The molecule has 0 saturated heterocycles. The monoisotopic (exact) mass is 674 g/mol. The first-order valence-electron chi connectivity index (χ1n) is 16.9. The lowest BCUT2D eigenvalue weighted by Gasteiger charge is -2.22. The Labute approximate surface area is 299 Å². The summed E-state index contributed by atoms with van der Waals surface area (Å²) in [6.45, 7) is 0. The van der Waals surface area contributed by atoms with Gasteiger partial charge < -0.3 is 0 Å². The van der Waals surface area contributed by atoms with Crippen LogP contribution in [0.25, 0.3) is 98.0 Å². The van der Waals surface area contributed by atoms with E-state index in [4.69, 9.17) is 23.2 Å². The summed E-state index contributed by atoms with van der Waals surface area (Å²) < 4.78 is 0. The van der Waals surface area contributed by atoms with Crippen LogP contribution in [-0.2, 0) is 0 Å². The molecule has 0 atom stereocenters. The van der Waals surface area contributed by atoms with Gasteiger partial charge in [-0.2, -0.15) is 0 Å². The van der Waals surface area contributed by atoms with Gasteiger partial charge in [-0.25, -0.2) is 0 Å². The van der Waals surface area contributed by atoms with Crippen LogP contribution in [-0.4, -0.2) is 0 Å². The Morgan fingerprint density at radius 1 is 0.240 bits per heavy atom. The number of hydrogen-bond donors (Lipinski definition) is 0. The summed E-state index contributed by atoms with van der Waals surface area (Å²) >= 11 is 15.7. The molecular weight excluding hydrogens is 647 g/mol. The third-order valence-electron chi connectivity index (χ3n) is 10.3. The third kappa shape index (κ3) is 4.39. The Bertz CT molecular complexity index is 2690. The van der Waals surface area contributed by atoms with E-state index >= 15 is 0 Å². The Morgan fingerprint density at radius 3 is 0.740 bits per heavy atom. The fraction of sp³-hybridized carbons (Fsp3) is 0. The van der Waals surface area contributed by atoms with Gasteiger partial charge in [0.25, 0.3) is 0 Å². The minimum absolute atomic E-state index is 0.692. The first kappa shape index (κ1) is 29.3. The quantitative estimate of drug-likeness (QED) is 0.164. The van der Waals surface area contributed by atoms with Gasteiger partial charge in [0.1, 0.15) is 0 Å². The molecule has 0 spiro atoms. The molecule has 10 rings (SSSR count). The van der Waals surface area contributed by atoms with Gasteiger partial charge in [-0.15, -0.1) is 0 Å². The van der Waals surface area contributed by atoms with Crippen LogP contribution >= 0.6 is 23.2 Å². The Morgan fingerprint density at radius 2 is 0.460 bits per heavy atom. The topological polar surface area (TPSA) is 0 Å². The average Bonchev–Trinajstić information content (AvgIpc) is 3.16. The van der Waals surface area contributed by atoms with Crippen molar-refractivity contribution < 1.29 is 0 Å². The molecule has 0 fully saturated rings. The van der Waals surface area contributed by atoms with Gasteiger partial charge >= 0.3 is 0 Å². The lowest BCUT2D eigenvalue weighted by molar-refractivity contribution is 1.65. The molecule has 0 aromatic heterocycles. The van der Waals surface area contributed by atoms with Crippen LogP contribution in [0.3, 0.4) is 0 Å². The van der Waals surface area contributed by atoms with Crippen molar-refractivity contribution in [3.05, 3.63) is 180 Å². The molecule has 0 unspecified atom stereocenters. The van der Waals surface area contributed by atoms with Gasteiger partial charge in [0.15, 0.2) is 0 Å². The highest BCUT2D eigenvalue weighted by molar-refractivity contribution is 6.44. The first-order chi connectivity index (χ1) is 24.7. The van der Waals surface area contributed by atoms with Crippen molar-refractivity contribution in [3.8, 4) is 33.4 Å². The molecule has 0 nitrogen and oxygen atoms in total. The van der Waals surface area contributed by atoms with Gasteiger partial charge in [-0.05, 0) is 100 Å². The number of hydrogen-bond acceptors (Lipinski definition) is 0. The van der Waals surface area contributed by atoms with Crippen LogP contribution in [0.1, 0.15) is 0 Å². The zero-order valence-electron chi connectivity index (χ0n) is 26.9. The first-order valence-corrected chi connectivity index (χ1v) is 17.7. The molecule has 0 bridgehead atoms. The van der Waals surface area contributed by atoms with Gasteiger partial charge in [-0.3, -0.25) is 0 Å². The van der Waals surface area contributed by atoms with E-state index in [-0.39, 0.29) is 0 Å². The third-order valence-corrected chi connectivity index (χ3v) is 11.1. The summed E-state index contributed by atoms with van der Waals surface area (Å²) in [6.07, 6.45) is 0. The van der Waals surface area contributed by atoms with Crippen LogP contribution < -0.4 is 0 Å². The summed E-state index contributed by atoms with van der Waals surface area (Å²) in [7, 11) is 0. The summed E-state index contributed by atoms with van der Waals surface area (Å²) in [5, 5.41) is 15.1. The second-order valence-electron chi connectivity index (χ2n) is 13.1. The zero-order chi connectivity index (χ0) is 33.3. The fourth-order valence-electron chi connectivity index (χ4n) is 8.11. The van der Waals surface area contributed by atoms with E-state index in [9.17, 15) is 0 Å². The highest BCUT2D eigenvalue weighted by Gasteiger charge is 2.24. The normalized spacial score (nSPS) is 11.8. The zero-order valence-corrected chi connectivity index (χ0v) is 28.4. The molecule has 2 heteroatoms. The van der Waals surface area contributed by atoms with E-state index in [1.54, 1.807) is 0 Å². The summed E-state index contributed by atoms with van der Waals surface area (Å²) in [4.78, 5) is 0. The number of benzene rings is 10. The Kier molecular flexibility index (Phi) is 6.71. The van der Waals surface area contributed by atoms with E-state index < -0.39 is 0 Å². The van der Waals surface area contributed by atoms with Crippen LogP contribution in [0.15, 0.2) is 170 Å². The van der Waals surface area contributed by atoms with Gasteiger partial charge in [0.2, 0.25) is 0 Å². The highest BCUT2D eigenvalue weighted by Crippen LogP contribution is 2.52. The van der Waals surface area contributed by atoms with Crippen molar-refractivity contribution in [2.24, 2.45) is 0 Å². The van der Waals surface area contributed by atoms with Gasteiger partial charge in [0, 0.05) is 22.3 Å². The van der Waals surface area contributed by atoms with Crippen LogP contribution in [0.2, 0.25) is 10.0 Å². The van der Waals surface area contributed by atoms with Crippen molar-refractivity contribution in [2.45, 2.75) is 0 Å². The molecule has 10 aromatic rings. The average molecular weight is 676 g/mol. The van der Waals surface area contributed by atoms with Crippen molar-refractivity contribution in [1.29, 1.82) is 0 Å². The second kappa shape index (κ2) is 11.5. The summed E-state index contributed by atoms with van der Waals surface area (Å²) in [6, 6.07) is 60.6. The SMILES string of the molecule is Clc1c(-c2c3ccccc3cc3ccccc23)cc2ccccc2c1-c1c(Cl)c(-c2c3ccccc3cc3ccccc23)cc2ccccc12. The molecule has 0 saturated carbocycles. The van der Waals surface area contributed by atoms with Crippen LogP contribution in [0.4, 0.5) is 0 Å². The fourth-order valence-corrected chi connectivity index (χ4v) is 8.80. The Hall–Kier alpha value is -5.66. The second-order valence-corrected chi connectivity index (χ2v) is 13.8. The largest absolute Gasteiger partial charge is 0.0830 e. The van der Waals surface area contributed by atoms with Crippen LogP contribution in [0, 0.1) is 0 Å². The predicted molar refractivity (Wildman–Crippen MR) is 218 cm³/mol. The molecule has 0 heterocycles. The standard InChI is InChI=1S/C48H28Cl2/c49-47-41(43-35-19-7-1-13-29(35)25-30-14-2-8-20-36(30)43)27-33-17-5-11-23-39(33)45(47)46-40-24-12-6-18-34(40)28-42(48(46)50)44-37-21-9-3-15-31(37)26-32-16-4-10-22-38(32)44/h1-28H. The molecular formula is C48H28Cl2. The Balaban J connectivity index is 1.39. The van der Waals surface area contributed by atoms with Crippen LogP contribution in [0.5, 0.6) is 0 Å². The molecule has 0 aliphatic heterocycles. The molecule has 0 N–H and O–H groups in total. The summed E-state index contributed by atoms with van der Waals surface area (Å²) in [5.41, 5.74) is 6.15. The van der Waals surface area contributed by atoms with Crippen molar-refractivity contribution in [2.75, 3.05) is 0 Å². The molecule has 0 aliphatic rings. The van der Waals surface area contributed by atoms with E-state index in [0.29, 0.717) is 10.0 Å². The lowest BCUT2D eigenvalue weighted by atomic mass is 9.85. The summed E-state index contributed by atoms with van der Waals surface area (Å²) in [5.74, 6) is 0. The molecule has 0 radical (unpaired) electrons. The number of halogens is 2. The molecule has 234 valence electrons. The van der Waals surface area contributed by atoms with E-state index in [0.717, 1.165) is 54.9 Å². The number of rotatable bonds is 3. The van der Waals surface area contributed by atoms with E-state index in [1.165, 1.54) is 43.1 Å². The smallest absolute Gasteiger partial charge is 0.0570 e. The molecule has 50 heavy (non-hydrogen) atoms. The van der Waals surface area contributed by atoms with Gasteiger partial charge in [0.05, 0.1) is 10.0 Å². The predicted octanol–water partition coefficient (Wildman–Crippen LogP) is 14.9. The maximum atomic E-state index is 7.86. The van der Waals surface area contributed by atoms with Gasteiger partial charge in [-0.1, -0.05) is 169 Å². The maximum absolute atomic E-state index is 7.86. The van der Waals surface area contributed by atoms with E-state index in [2.05, 4.69) is 170 Å². The van der Waals surface area contributed by atoms with E-state index in [1.807, 2.05) is 0 Å². The lowest BCUT2D eigenvalue weighted by Crippen LogP contribution is -1.95. The van der Waals surface area contributed by atoms with Crippen molar-refractivity contribution >= 4 is 87.8 Å². The number of fused-ring (bicyclic) bond motifs is 6. The molecule has 10 aromatic carbocycles. The molecule has 0 amide bonds. The maximum Gasteiger partial charge on any atom is 0.0570 e. The molecule has 0 aliphatic carbocycles. The van der Waals surface area contributed by atoms with Crippen molar-refractivity contribution in [1.82, 2.24) is 0 Å². The minimum Gasteiger partial charge on any atom is -0.0830 e. The van der Waals surface area contributed by atoms with Crippen molar-refractivity contribution in [3.63, 3.8) is 0 Å².